The van der Waals surface area contributed by atoms with Gasteiger partial charge in [-0.05, 0) is 28.9 Å². The van der Waals surface area contributed by atoms with Gasteiger partial charge in [0.25, 0.3) is 5.69 Å². The lowest BCUT2D eigenvalue weighted by atomic mass is 10.2. The first-order valence-corrected chi connectivity index (χ1v) is 6.37. The SMILES string of the molecule is Cc1nc(Oc2cccc([N+](=O)[O-])c2Br)ncc1C(=O)O. The van der Waals surface area contributed by atoms with Gasteiger partial charge in [0.05, 0.1) is 16.2 Å². The average molecular weight is 354 g/mol. The summed E-state index contributed by atoms with van der Waals surface area (Å²) in [6.07, 6.45) is 1.12. The summed E-state index contributed by atoms with van der Waals surface area (Å²) in [7, 11) is 0. The van der Waals surface area contributed by atoms with Gasteiger partial charge >= 0.3 is 12.0 Å². The molecule has 1 N–H and O–H groups in total. The van der Waals surface area contributed by atoms with Gasteiger partial charge in [0.2, 0.25) is 0 Å². The number of hydrogen-bond donors (Lipinski definition) is 1. The number of aromatic carboxylic acids is 1. The summed E-state index contributed by atoms with van der Waals surface area (Å²) in [5.74, 6) is -0.984. The van der Waals surface area contributed by atoms with Gasteiger partial charge in [-0.2, -0.15) is 4.98 Å². The van der Waals surface area contributed by atoms with Crippen molar-refractivity contribution in [3.63, 3.8) is 0 Å². The number of rotatable bonds is 4. The van der Waals surface area contributed by atoms with Crippen LogP contribution in [0.25, 0.3) is 0 Å². The lowest BCUT2D eigenvalue weighted by molar-refractivity contribution is -0.385. The number of nitro groups is 1. The summed E-state index contributed by atoms with van der Waals surface area (Å²) in [6, 6.07) is 4.17. The van der Waals surface area contributed by atoms with Crippen LogP contribution < -0.4 is 4.74 Å². The van der Waals surface area contributed by atoms with Crippen LogP contribution in [0.2, 0.25) is 0 Å². The number of aromatic nitrogens is 2. The van der Waals surface area contributed by atoms with E-state index in [1.54, 1.807) is 0 Å². The molecule has 108 valence electrons. The Hall–Kier alpha value is -2.55. The lowest BCUT2D eigenvalue weighted by Gasteiger charge is -2.07. The number of carbonyl (C=O) groups is 1. The van der Waals surface area contributed by atoms with Crippen LogP contribution in [0.15, 0.2) is 28.9 Å². The number of halogens is 1. The molecule has 0 atom stereocenters. The van der Waals surface area contributed by atoms with E-state index in [0.717, 1.165) is 6.20 Å². The molecule has 0 aliphatic heterocycles. The predicted octanol–water partition coefficient (Wildman–Crippen LogP) is 2.95. The Kier molecular flexibility index (Phi) is 4.13. The first kappa shape index (κ1) is 14.9. The van der Waals surface area contributed by atoms with Gasteiger partial charge in [-0.1, -0.05) is 6.07 Å². The third kappa shape index (κ3) is 3.14. The Bertz CT molecular complexity index is 735. The molecule has 0 radical (unpaired) electrons. The minimum absolute atomic E-state index is 0.0412. The van der Waals surface area contributed by atoms with Gasteiger partial charge in [0, 0.05) is 12.3 Å². The number of benzene rings is 1. The molecule has 0 aliphatic carbocycles. The molecular formula is C12H8BrN3O5. The van der Waals surface area contributed by atoms with Crippen molar-refractivity contribution in [3.8, 4) is 11.8 Å². The molecule has 8 nitrogen and oxygen atoms in total. The van der Waals surface area contributed by atoms with Crippen LogP contribution in [-0.2, 0) is 0 Å². The normalized spacial score (nSPS) is 10.2. The van der Waals surface area contributed by atoms with E-state index in [0.29, 0.717) is 0 Å². The van der Waals surface area contributed by atoms with E-state index in [1.165, 1.54) is 25.1 Å². The molecular weight excluding hydrogens is 346 g/mol. The Morgan fingerprint density at radius 2 is 2.19 bits per heavy atom. The number of aryl methyl sites for hydroxylation is 1. The number of hydrogen-bond acceptors (Lipinski definition) is 6. The van der Waals surface area contributed by atoms with Crippen molar-refractivity contribution in [2.24, 2.45) is 0 Å². The summed E-state index contributed by atoms with van der Waals surface area (Å²) in [5.41, 5.74) is 0.0286. The number of nitrogens with zero attached hydrogens (tertiary/aromatic N) is 3. The third-order valence-electron chi connectivity index (χ3n) is 2.53. The second kappa shape index (κ2) is 5.83. The van der Waals surface area contributed by atoms with Gasteiger partial charge < -0.3 is 9.84 Å². The van der Waals surface area contributed by atoms with Crippen molar-refractivity contribution in [3.05, 3.63) is 50.2 Å². The van der Waals surface area contributed by atoms with Gasteiger partial charge in [-0.25, -0.2) is 9.78 Å². The second-order valence-electron chi connectivity index (χ2n) is 3.91. The molecule has 0 saturated heterocycles. The number of ether oxygens (including phenoxy) is 1. The van der Waals surface area contributed by atoms with Gasteiger partial charge in [-0.15, -0.1) is 0 Å². The minimum Gasteiger partial charge on any atom is -0.478 e. The maximum atomic E-state index is 10.9. The molecule has 2 rings (SSSR count). The van der Waals surface area contributed by atoms with E-state index < -0.39 is 10.9 Å². The topological polar surface area (TPSA) is 115 Å². The Morgan fingerprint density at radius 3 is 2.76 bits per heavy atom. The molecule has 9 heteroatoms. The zero-order chi connectivity index (χ0) is 15.6. The first-order chi connectivity index (χ1) is 9.90. The number of nitro benzene ring substituents is 1. The van der Waals surface area contributed by atoms with E-state index in [-0.39, 0.29) is 33.2 Å². The van der Waals surface area contributed by atoms with Gasteiger partial charge in [0.1, 0.15) is 4.47 Å². The van der Waals surface area contributed by atoms with Crippen molar-refractivity contribution in [1.82, 2.24) is 9.97 Å². The van der Waals surface area contributed by atoms with E-state index in [9.17, 15) is 14.9 Å². The number of carboxylic acids is 1. The van der Waals surface area contributed by atoms with Crippen molar-refractivity contribution < 1.29 is 19.6 Å². The maximum absolute atomic E-state index is 10.9. The highest BCUT2D eigenvalue weighted by atomic mass is 79.9. The quantitative estimate of drug-likeness (QED) is 0.663. The molecule has 0 bridgehead atoms. The molecule has 1 heterocycles. The lowest BCUT2D eigenvalue weighted by Crippen LogP contribution is -2.04. The smallest absolute Gasteiger partial charge is 0.339 e. The Labute approximate surface area is 126 Å². The van der Waals surface area contributed by atoms with E-state index in [2.05, 4.69) is 25.9 Å². The highest BCUT2D eigenvalue weighted by molar-refractivity contribution is 9.10. The molecule has 0 aliphatic rings. The highest BCUT2D eigenvalue weighted by Gasteiger charge is 2.18. The summed E-state index contributed by atoms with van der Waals surface area (Å²) < 4.78 is 5.50. The molecule has 0 fully saturated rings. The van der Waals surface area contributed by atoms with E-state index in [4.69, 9.17) is 9.84 Å². The molecule has 0 unspecified atom stereocenters. The van der Waals surface area contributed by atoms with Crippen molar-refractivity contribution in [2.75, 3.05) is 0 Å². The predicted molar refractivity (Wildman–Crippen MR) is 74.6 cm³/mol. The zero-order valence-corrected chi connectivity index (χ0v) is 12.2. The van der Waals surface area contributed by atoms with Crippen molar-refractivity contribution in [2.45, 2.75) is 6.92 Å². The summed E-state index contributed by atoms with van der Waals surface area (Å²) in [6.45, 7) is 1.50. The summed E-state index contributed by atoms with van der Waals surface area (Å²) >= 11 is 3.08. The highest BCUT2D eigenvalue weighted by Crippen LogP contribution is 2.35. The molecule has 0 saturated carbocycles. The fourth-order valence-electron chi connectivity index (χ4n) is 1.52. The summed E-state index contributed by atoms with van der Waals surface area (Å²) in [5, 5.41) is 19.7. The second-order valence-corrected chi connectivity index (χ2v) is 4.70. The van der Waals surface area contributed by atoms with E-state index >= 15 is 0 Å². The van der Waals surface area contributed by atoms with Crippen LogP contribution in [0.4, 0.5) is 5.69 Å². The average Bonchev–Trinajstić information content (AvgIpc) is 2.40. The fraction of sp³-hybridized carbons (Fsp3) is 0.0833. The Balaban J connectivity index is 2.35. The molecule has 0 spiro atoms. The third-order valence-corrected chi connectivity index (χ3v) is 3.33. The van der Waals surface area contributed by atoms with Crippen molar-refractivity contribution >= 4 is 27.6 Å². The van der Waals surface area contributed by atoms with Crippen LogP contribution in [0.3, 0.4) is 0 Å². The van der Waals surface area contributed by atoms with Crippen LogP contribution in [0.1, 0.15) is 16.1 Å². The molecule has 2 aromatic rings. The van der Waals surface area contributed by atoms with Crippen LogP contribution in [-0.4, -0.2) is 26.0 Å². The molecule has 21 heavy (non-hydrogen) atoms. The maximum Gasteiger partial charge on any atom is 0.339 e. The Morgan fingerprint density at radius 1 is 1.48 bits per heavy atom. The van der Waals surface area contributed by atoms with Crippen molar-refractivity contribution in [1.29, 1.82) is 0 Å². The van der Waals surface area contributed by atoms with E-state index in [1.807, 2.05) is 0 Å². The zero-order valence-electron chi connectivity index (χ0n) is 10.6. The van der Waals surface area contributed by atoms with Gasteiger partial charge in [0.15, 0.2) is 5.75 Å². The fourth-order valence-corrected chi connectivity index (χ4v) is 2.01. The largest absolute Gasteiger partial charge is 0.478 e. The van der Waals surface area contributed by atoms with Crippen LogP contribution in [0, 0.1) is 17.0 Å². The number of carboxylic acid groups (broad SMARTS) is 1. The van der Waals surface area contributed by atoms with Crippen LogP contribution in [0.5, 0.6) is 11.8 Å². The first-order valence-electron chi connectivity index (χ1n) is 5.58. The molecule has 0 amide bonds. The monoisotopic (exact) mass is 353 g/mol. The molecule has 1 aromatic heterocycles. The minimum atomic E-state index is -1.14. The standard InChI is InChI=1S/C12H8BrN3O5/c1-6-7(11(17)18)5-14-12(15-6)21-9-4-2-3-8(10(9)13)16(19)20/h2-5H,1H3,(H,17,18). The summed E-state index contributed by atoms with van der Waals surface area (Å²) in [4.78, 5) is 28.8. The van der Waals surface area contributed by atoms with Crippen LogP contribution >= 0.6 is 15.9 Å². The van der Waals surface area contributed by atoms with Gasteiger partial charge in [-0.3, -0.25) is 10.1 Å². The molecule has 1 aromatic carbocycles.